The number of aryl methyl sites for hydroxylation is 1. The first-order valence-electron chi connectivity index (χ1n) is 5.52. The highest BCUT2D eigenvalue weighted by Crippen LogP contribution is 2.32. The fourth-order valence-electron chi connectivity index (χ4n) is 1.79. The van der Waals surface area contributed by atoms with E-state index in [2.05, 4.69) is 11.8 Å². The Hall–Kier alpha value is -1.26. The fourth-order valence-corrected chi connectivity index (χ4v) is 1.79. The van der Waals surface area contributed by atoms with E-state index >= 15 is 0 Å². The number of rotatable bonds is 3. The highest BCUT2D eigenvalue weighted by Gasteiger charge is 2.12. The van der Waals surface area contributed by atoms with Crippen molar-refractivity contribution in [1.82, 2.24) is 0 Å². The second kappa shape index (κ2) is 5.18. The average Bonchev–Trinajstić information content (AvgIpc) is 2.50. The molecule has 0 saturated heterocycles. The van der Waals surface area contributed by atoms with E-state index in [0.717, 1.165) is 30.9 Å². The predicted molar refractivity (Wildman–Crippen MR) is 60.6 cm³/mol. The standard InChI is InChI=1S/C12H17NO3/c1-9-7-11-12(15-5-2-4-14-11)8-10(9)3-6-16-13/h7-8H,2-6,13H2,1H3. The molecule has 0 atom stereocenters. The molecule has 16 heavy (non-hydrogen) atoms. The first-order valence-corrected chi connectivity index (χ1v) is 5.52. The molecule has 1 aromatic carbocycles. The Labute approximate surface area is 95.2 Å². The van der Waals surface area contributed by atoms with Crippen LogP contribution in [0, 0.1) is 6.92 Å². The lowest BCUT2D eigenvalue weighted by atomic mass is 10.1. The first kappa shape index (κ1) is 11.2. The number of hydrogen-bond donors (Lipinski definition) is 1. The second-order valence-electron chi connectivity index (χ2n) is 3.90. The molecule has 4 nitrogen and oxygen atoms in total. The summed E-state index contributed by atoms with van der Waals surface area (Å²) >= 11 is 0. The van der Waals surface area contributed by atoms with E-state index in [0.29, 0.717) is 13.2 Å². The van der Waals surface area contributed by atoms with Crippen molar-refractivity contribution < 1.29 is 14.3 Å². The summed E-state index contributed by atoms with van der Waals surface area (Å²) in [5.41, 5.74) is 2.37. The van der Waals surface area contributed by atoms with E-state index in [1.807, 2.05) is 12.1 Å². The maximum atomic E-state index is 5.63. The number of ether oxygens (including phenoxy) is 2. The molecule has 0 bridgehead atoms. The smallest absolute Gasteiger partial charge is 0.161 e. The lowest BCUT2D eigenvalue weighted by Crippen LogP contribution is -2.05. The zero-order valence-corrected chi connectivity index (χ0v) is 9.49. The van der Waals surface area contributed by atoms with Crippen molar-refractivity contribution in [2.75, 3.05) is 19.8 Å². The van der Waals surface area contributed by atoms with Crippen LogP contribution in [0.2, 0.25) is 0 Å². The Morgan fingerprint density at radius 1 is 1.25 bits per heavy atom. The van der Waals surface area contributed by atoms with Gasteiger partial charge >= 0.3 is 0 Å². The van der Waals surface area contributed by atoms with Gasteiger partial charge in [0.1, 0.15) is 0 Å². The van der Waals surface area contributed by atoms with E-state index in [4.69, 9.17) is 15.4 Å². The fraction of sp³-hybridized carbons (Fsp3) is 0.500. The molecule has 0 aromatic heterocycles. The Morgan fingerprint density at radius 3 is 2.62 bits per heavy atom. The maximum Gasteiger partial charge on any atom is 0.161 e. The van der Waals surface area contributed by atoms with Crippen LogP contribution >= 0.6 is 0 Å². The van der Waals surface area contributed by atoms with Crippen molar-refractivity contribution in [2.24, 2.45) is 5.90 Å². The molecule has 2 N–H and O–H groups in total. The summed E-state index contributed by atoms with van der Waals surface area (Å²) in [7, 11) is 0. The quantitative estimate of drug-likeness (QED) is 0.791. The molecule has 1 aliphatic rings. The van der Waals surface area contributed by atoms with Crippen molar-refractivity contribution >= 4 is 0 Å². The van der Waals surface area contributed by atoms with Crippen LogP contribution < -0.4 is 15.4 Å². The van der Waals surface area contributed by atoms with Gasteiger partial charge < -0.3 is 14.3 Å². The highest BCUT2D eigenvalue weighted by atomic mass is 16.6. The third kappa shape index (κ3) is 2.46. The van der Waals surface area contributed by atoms with Gasteiger partial charge in [-0.2, -0.15) is 0 Å². The first-order chi connectivity index (χ1) is 7.81. The number of nitrogens with two attached hydrogens (primary N) is 1. The zero-order valence-electron chi connectivity index (χ0n) is 9.49. The van der Waals surface area contributed by atoms with Crippen molar-refractivity contribution in [3.05, 3.63) is 23.3 Å². The minimum absolute atomic E-state index is 0.514. The predicted octanol–water partition coefficient (Wildman–Crippen LogP) is 1.59. The van der Waals surface area contributed by atoms with Crippen LogP contribution in [0.25, 0.3) is 0 Å². The van der Waals surface area contributed by atoms with Gasteiger partial charge in [-0.05, 0) is 36.6 Å². The molecule has 1 aromatic rings. The summed E-state index contributed by atoms with van der Waals surface area (Å²) in [6.45, 7) is 4.00. The Bertz CT molecular complexity index is 366. The van der Waals surface area contributed by atoms with Gasteiger partial charge in [-0.15, -0.1) is 0 Å². The summed E-state index contributed by atoms with van der Waals surface area (Å²) in [6, 6.07) is 4.04. The molecule has 1 aliphatic heterocycles. The molecule has 0 spiro atoms. The number of hydrogen-bond acceptors (Lipinski definition) is 4. The van der Waals surface area contributed by atoms with E-state index in [1.165, 1.54) is 11.1 Å². The molecule has 2 rings (SSSR count). The third-order valence-electron chi connectivity index (χ3n) is 2.70. The van der Waals surface area contributed by atoms with E-state index in [1.54, 1.807) is 0 Å². The SMILES string of the molecule is Cc1cc2c(cc1CCON)OCCCO2. The largest absolute Gasteiger partial charge is 0.490 e. The molecule has 0 radical (unpaired) electrons. The van der Waals surface area contributed by atoms with Crippen molar-refractivity contribution in [3.8, 4) is 11.5 Å². The number of benzene rings is 1. The van der Waals surface area contributed by atoms with E-state index in [9.17, 15) is 0 Å². The topological polar surface area (TPSA) is 53.7 Å². The molecule has 0 aliphatic carbocycles. The van der Waals surface area contributed by atoms with Crippen LogP contribution in [0.4, 0.5) is 0 Å². The molecule has 0 unspecified atom stereocenters. The van der Waals surface area contributed by atoms with Gasteiger partial charge in [0.2, 0.25) is 0 Å². The van der Waals surface area contributed by atoms with Gasteiger partial charge in [0.15, 0.2) is 11.5 Å². The molecule has 1 heterocycles. The minimum atomic E-state index is 0.514. The van der Waals surface area contributed by atoms with E-state index in [-0.39, 0.29) is 0 Å². The maximum absolute atomic E-state index is 5.63. The monoisotopic (exact) mass is 223 g/mol. The van der Waals surface area contributed by atoms with Crippen LogP contribution in [-0.4, -0.2) is 19.8 Å². The minimum Gasteiger partial charge on any atom is -0.490 e. The normalized spacial score (nSPS) is 14.6. The van der Waals surface area contributed by atoms with Crippen molar-refractivity contribution in [2.45, 2.75) is 19.8 Å². The Kier molecular flexibility index (Phi) is 3.64. The Balaban J connectivity index is 2.24. The molecule has 4 heteroatoms. The molecular weight excluding hydrogens is 206 g/mol. The third-order valence-corrected chi connectivity index (χ3v) is 2.70. The zero-order chi connectivity index (χ0) is 11.4. The van der Waals surface area contributed by atoms with Crippen LogP contribution in [0.3, 0.4) is 0 Å². The lowest BCUT2D eigenvalue weighted by molar-refractivity contribution is 0.141. The van der Waals surface area contributed by atoms with Gasteiger partial charge in [-0.3, -0.25) is 0 Å². The lowest BCUT2D eigenvalue weighted by Gasteiger charge is -2.12. The molecule has 0 fully saturated rings. The van der Waals surface area contributed by atoms with E-state index < -0.39 is 0 Å². The average molecular weight is 223 g/mol. The van der Waals surface area contributed by atoms with Gasteiger partial charge in [0, 0.05) is 6.42 Å². The Morgan fingerprint density at radius 2 is 1.94 bits per heavy atom. The van der Waals surface area contributed by atoms with Gasteiger partial charge in [-0.1, -0.05) is 0 Å². The van der Waals surface area contributed by atoms with Crippen molar-refractivity contribution in [1.29, 1.82) is 0 Å². The summed E-state index contributed by atoms with van der Waals surface area (Å²) in [4.78, 5) is 4.60. The summed E-state index contributed by atoms with van der Waals surface area (Å²) in [6.07, 6.45) is 1.72. The molecule has 0 amide bonds. The summed E-state index contributed by atoms with van der Waals surface area (Å²) in [5.74, 6) is 6.70. The van der Waals surface area contributed by atoms with Crippen LogP contribution in [-0.2, 0) is 11.3 Å². The number of fused-ring (bicyclic) bond motifs is 1. The summed E-state index contributed by atoms with van der Waals surface area (Å²) < 4.78 is 11.2. The van der Waals surface area contributed by atoms with Crippen LogP contribution in [0.5, 0.6) is 11.5 Å². The molecular formula is C12H17NO3. The molecule has 0 saturated carbocycles. The highest BCUT2D eigenvalue weighted by molar-refractivity contribution is 5.47. The summed E-state index contributed by atoms with van der Waals surface area (Å²) in [5, 5.41) is 0. The molecule has 88 valence electrons. The van der Waals surface area contributed by atoms with Crippen LogP contribution in [0.1, 0.15) is 17.5 Å². The van der Waals surface area contributed by atoms with Gasteiger partial charge in [0.25, 0.3) is 0 Å². The van der Waals surface area contributed by atoms with Gasteiger partial charge in [-0.25, -0.2) is 5.90 Å². The van der Waals surface area contributed by atoms with Crippen LogP contribution in [0.15, 0.2) is 12.1 Å². The van der Waals surface area contributed by atoms with Gasteiger partial charge in [0.05, 0.1) is 19.8 Å². The second-order valence-corrected chi connectivity index (χ2v) is 3.90. The van der Waals surface area contributed by atoms with Crippen molar-refractivity contribution in [3.63, 3.8) is 0 Å².